The van der Waals surface area contributed by atoms with E-state index in [0.29, 0.717) is 5.92 Å². The molecular weight excluding hydrogens is 236 g/mol. The molecule has 1 amide bonds. The van der Waals surface area contributed by atoms with Crippen LogP contribution in [0.2, 0.25) is 0 Å². The Hall–Kier alpha value is -0.570. The van der Waals surface area contributed by atoms with Crippen LogP contribution in [0.15, 0.2) is 0 Å². The summed E-state index contributed by atoms with van der Waals surface area (Å²) in [5.41, 5.74) is 0. The van der Waals surface area contributed by atoms with Crippen LogP contribution in [0.4, 0.5) is 0 Å². The molecule has 3 nitrogen and oxygen atoms in total. The van der Waals surface area contributed by atoms with E-state index in [4.69, 9.17) is 0 Å². The van der Waals surface area contributed by atoms with Crippen molar-refractivity contribution in [2.24, 2.45) is 5.92 Å². The number of hydrogen-bond donors (Lipinski definition) is 1. The van der Waals surface area contributed by atoms with Gasteiger partial charge < -0.3 is 10.2 Å². The van der Waals surface area contributed by atoms with Crippen molar-refractivity contribution < 1.29 is 4.79 Å². The normalized spacial score (nSPS) is 22.0. The number of nitrogens with one attached hydrogen (secondary N) is 1. The summed E-state index contributed by atoms with van der Waals surface area (Å²) >= 11 is 0. The zero-order chi connectivity index (χ0) is 13.5. The third kappa shape index (κ3) is 5.13. The Balaban J connectivity index is 1.55. The molecule has 2 aliphatic rings. The van der Waals surface area contributed by atoms with E-state index in [1.165, 1.54) is 57.8 Å². The van der Waals surface area contributed by atoms with E-state index in [-0.39, 0.29) is 5.91 Å². The van der Waals surface area contributed by atoms with E-state index in [2.05, 4.69) is 17.3 Å². The van der Waals surface area contributed by atoms with Crippen LogP contribution in [0.1, 0.15) is 64.2 Å². The number of carbonyl (C=O) groups is 1. The van der Waals surface area contributed by atoms with Gasteiger partial charge in [-0.1, -0.05) is 32.1 Å². The average Bonchev–Trinajstić information content (AvgIpc) is 2.92. The molecule has 2 aliphatic carbocycles. The molecule has 0 aromatic carbocycles. The molecule has 0 bridgehead atoms. The summed E-state index contributed by atoms with van der Waals surface area (Å²) < 4.78 is 0. The zero-order valence-electron chi connectivity index (χ0n) is 12.5. The number of likely N-dealkylation sites (N-methyl/N-ethyl adjacent to an activating group) is 1. The number of rotatable bonds is 6. The fourth-order valence-corrected chi connectivity index (χ4v) is 3.62. The lowest BCUT2D eigenvalue weighted by atomic mass is 9.94. The van der Waals surface area contributed by atoms with Gasteiger partial charge in [-0.05, 0) is 38.6 Å². The summed E-state index contributed by atoms with van der Waals surface area (Å²) in [6.07, 6.45) is 12.8. The van der Waals surface area contributed by atoms with Crippen LogP contribution in [0.3, 0.4) is 0 Å². The molecular formula is C16H30N2O. The predicted molar refractivity (Wildman–Crippen MR) is 79.1 cm³/mol. The van der Waals surface area contributed by atoms with Crippen molar-refractivity contribution >= 4 is 5.91 Å². The van der Waals surface area contributed by atoms with Gasteiger partial charge in [0.2, 0.25) is 5.91 Å². The highest BCUT2D eigenvalue weighted by Crippen LogP contribution is 2.27. The van der Waals surface area contributed by atoms with Crippen LogP contribution in [-0.4, -0.2) is 37.0 Å². The maximum atomic E-state index is 11.8. The summed E-state index contributed by atoms with van der Waals surface area (Å²) in [5.74, 6) is 0.931. The van der Waals surface area contributed by atoms with Crippen LogP contribution in [0.5, 0.6) is 0 Å². The van der Waals surface area contributed by atoms with Crippen LogP contribution in [0.25, 0.3) is 0 Å². The lowest BCUT2D eigenvalue weighted by molar-refractivity contribution is -0.122. The minimum Gasteiger partial charge on any atom is -0.355 e. The highest BCUT2D eigenvalue weighted by Gasteiger charge is 2.19. The van der Waals surface area contributed by atoms with Gasteiger partial charge in [-0.25, -0.2) is 0 Å². The monoisotopic (exact) mass is 266 g/mol. The molecule has 0 aromatic rings. The molecule has 1 N–H and O–H groups in total. The first-order valence-corrected chi connectivity index (χ1v) is 8.22. The molecule has 2 fully saturated rings. The Morgan fingerprint density at radius 3 is 2.37 bits per heavy atom. The van der Waals surface area contributed by atoms with Gasteiger partial charge in [0.05, 0.1) is 0 Å². The van der Waals surface area contributed by atoms with Gasteiger partial charge in [0, 0.05) is 25.6 Å². The second kappa shape index (κ2) is 7.88. The van der Waals surface area contributed by atoms with Gasteiger partial charge in [-0.3, -0.25) is 4.79 Å². The summed E-state index contributed by atoms with van der Waals surface area (Å²) in [6, 6.07) is 0.750. The van der Waals surface area contributed by atoms with Gasteiger partial charge in [-0.15, -0.1) is 0 Å². The molecule has 110 valence electrons. The molecule has 0 radical (unpaired) electrons. The first kappa shape index (κ1) is 14.8. The SMILES string of the molecule is CN(CCNC(=O)CC1CCCC1)C1CCCCC1. The molecule has 0 unspecified atom stereocenters. The Labute approximate surface area is 118 Å². The second-order valence-corrected chi connectivity index (χ2v) is 6.48. The fourth-order valence-electron chi connectivity index (χ4n) is 3.62. The second-order valence-electron chi connectivity index (χ2n) is 6.48. The largest absolute Gasteiger partial charge is 0.355 e. The molecule has 0 atom stereocenters. The Bertz CT molecular complexity index is 268. The molecule has 19 heavy (non-hydrogen) atoms. The summed E-state index contributed by atoms with van der Waals surface area (Å²) in [5, 5.41) is 3.10. The van der Waals surface area contributed by atoms with Gasteiger partial charge in [0.1, 0.15) is 0 Å². The van der Waals surface area contributed by atoms with Gasteiger partial charge >= 0.3 is 0 Å². The van der Waals surface area contributed by atoms with Gasteiger partial charge in [-0.2, -0.15) is 0 Å². The number of carbonyl (C=O) groups excluding carboxylic acids is 1. The Morgan fingerprint density at radius 2 is 1.68 bits per heavy atom. The van der Waals surface area contributed by atoms with Gasteiger partial charge in [0.15, 0.2) is 0 Å². The van der Waals surface area contributed by atoms with Crippen LogP contribution in [-0.2, 0) is 4.79 Å². The highest BCUT2D eigenvalue weighted by molar-refractivity contribution is 5.76. The summed E-state index contributed by atoms with van der Waals surface area (Å²) in [4.78, 5) is 14.3. The summed E-state index contributed by atoms with van der Waals surface area (Å²) in [6.45, 7) is 1.82. The molecule has 0 aromatic heterocycles. The van der Waals surface area contributed by atoms with Crippen molar-refractivity contribution in [3.63, 3.8) is 0 Å². The van der Waals surface area contributed by atoms with Gasteiger partial charge in [0.25, 0.3) is 0 Å². The standard InChI is InChI=1S/C16H30N2O/c1-18(15-9-3-2-4-10-15)12-11-17-16(19)13-14-7-5-6-8-14/h14-15H,2-13H2,1H3,(H,17,19). The Kier molecular flexibility index (Phi) is 6.15. The van der Waals surface area contributed by atoms with E-state index in [9.17, 15) is 4.79 Å². The number of hydrogen-bond acceptors (Lipinski definition) is 2. The van der Waals surface area contributed by atoms with E-state index in [1.54, 1.807) is 0 Å². The fraction of sp³-hybridized carbons (Fsp3) is 0.938. The maximum absolute atomic E-state index is 11.8. The molecule has 0 aliphatic heterocycles. The predicted octanol–water partition coefficient (Wildman–Crippen LogP) is 2.95. The van der Waals surface area contributed by atoms with Crippen molar-refractivity contribution in [3.05, 3.63) is 0 Å². The highest BCUT2D eigenvalue weighted by atomic mass is 16.1. The first-order valence-electron chi connectivity index (χ1n) is 8.22. The van der Waals surface area contributed by atoms with E-state index in [0.717, 1.165) is 25.6 Å². The quantitative estimate of drug-likeness (QED) is 0.801. The smallest absolute Gasteiger partial charge is 0.220 e. The van der Waals surface area contributed by atoms with Crippen LogP contribution >= 0.6 is 0 Å². The van der Waals surface area contributed by atoms with Crippen molar-refractivity contribution in [2.75, 3.05) is 20.1 Å². The number of nitrogens with zero attached hydrogens (tertiary/aromatic N) is 1. The van der Waals surface area contributed by atoms with Crippen molar-refractivity contribution in [1.29, 1.82) is 0 Å². The van der Waals surface area contributed by atoms with Crippen LogP contribution < -0.4 is 5.32 Å². The molecule has 0 heterocycles. The summed E-state index contributed by atoms with van der Waals surface area (Å²) in [7, 11) is 2.21. The van der Waals surface area contributed by atoms with E-state index in [1.807, 2.05) is 0 Å². The third-order valence-corrected chi connectivity index (χ3v) is 4.93. The van der Waals surface area contributed by atoms with Crippen molar-refractivity contribution in [1.82, 2.24) is 10.2 Å². The topological polar surface area (TPSA) is 32.3 Å². The molecule has 2 saturated carbocycles. The Morgan fingerprint density at radius 1 is 1.05 bits per heavy atom. The number of amides is 1. The first-order chi connectivity index (χ1) is 9.25. The zero-order valence-corrected chi connectivity index (χ0v) is 12.5. The molecule has 3 heteroatoms. The third-order valence-electron chi connectivity index (χ3n) is 4.93. The lowest BCUT2D eigenvalue weighted by Crippen LogP contribution is -2.39. The minimum atomic E-state index is 0.268. The van der Waals surface area contributed by atoms with Crippen molar-refractivity contribution in [3.8, 4) is 0 Å². The molecule has 0 spiro atoms. The van der Waals surface area contributed by atoms with E-state index >= 15 is 0 Å². The lowest BCUT2D eigenvalue weighted by Gasteiger charge is -2.31. The van der Waals surface area contributed by atoms with Crippen LogP contribution in [0, 0.1) is 5.92 Å². The van der Waals surface area contributed by atoms with E-state index < -0.39 is 0 Å². The molecule has 2 rings (SSSR count). The average molecular weight is 266 g/mol. The molecule has 0 saturated heterocycles. The van der Waals surface area contributed by atoms with Crippen molar-refractivity contribution in [2.45, 2.75) is 70.3 Å². The maximum Gasteiger partial charge on any atom is 0.220 e. The minimum absolute atomic E-state index is 0.268.